The predicted octanol–water partition coefficient (Wildman–Crippen LogP) is 3.44. The lowest BCUT2D eigenvalue weighted by molar-refractivity contribution is 0.0946. The summed E-state index contributed by atoms with van der Waals surface area (Å²) >= 11 is 3.09. The van der Waals surface area contributed by atoms with Gasteiger partial charge in [0.05, 0.1) is 10.0 Å². The number of hydrogen-bond acceptors (Lipinski definition) is 2. The Balaban J connectivity index is 1.71. The summed E-state index contributed by atoms with van der Waals surface area (Å²) in [5.41, 5.74) is 0.0937. The van der Waals surface area contributed by atoms with E-state index in [1.807, 2.05) is 0 Å². The van der Waals surface area contributed by atoms with Gasteiger partial charge < -0.3 is 10.2 Å². The van der Waals surface area contributed by atoms with Crippen molar-refractivity contribution in [2.75, 3.05) is 26.2 Å². The number of nitrogens with one attached hydrogen (secondary N) is 1. The Labute approximate surface area is 134 Å². The van der Waals surface area contributed by atoms with Gasteiger partial charge in [0.2, 0.25) is 0 Å². The fraction of sp³-hybridized carbons (Fsp3) is 0.562. The van der Waals surface area contributed by atoms with Crippen LogP contribution in [0.1, 0.15) is 36.5 Å². The van der Waals surface area contributed by atoms with Crippen molar-refractivity contribution in [2.24, 2.45) is 5.92 Å². The summed E-state index contributed by atoms with van der Waals surface area (Å²) < 4.78 is 14.1. The minimum absolute atomic E-state index is 0.0937. The molecule has 1 aliphatic rings. The molecule has 0 bridgehead atoms. The molecule has 1 aliphatic heterocycles. The summed E-state index contributed by atoms with van der Waals surface area (Å²) in [5.74, 6) is -0.0125. The smallest absolute Gasteiger partial charge is 0.254 e. The van der Waals surface area contributed by atoms with Crippen LogP contribution < -0.4 is 5.32 Å². The Morgan fingerprint density at radius 2 is 2.14 bits per heavy atom. The van der Waals surface area contributed by atoms with Gasteiger partial charge >= 0.3 is 0 Å². The van der Waals surface area contributed by atoms with E-state index in [-0.39, 0.29) is 11.5 Å². The van der Waals surface area contributed by atoms with Gasteiger partial charge in [-0.05, 0) is 72.9 Å². The van der Waals surface area contributed by atoms with Gasteiger partial charge in [0, 0.05) is 6.54 Å². The van der Waals surface area contributed by atoms with Crippen LogP contribution in [0.4, 0.5) is 4.39 Å². The quantitative estimate of drug-likeness (QED) is 0.819. The minimum Gasteiger partial charge on any atom is -0.352 e. The van der Waals surface area contributed by atoms with Crippen molar-refractivity contribution in [3.05, 3.63) is 34.1 Å². The second-order valence-electron chi connectivity index (χ2n) is 5.73. The number of benzene rings is 1. The highest BCUT2D eigenvalue weighted by atomic mass is 79.9. The number of rotatable bonds is 5. The van der Waals surface area contributed by atoms with Crippen LogP contribution in [0, 0.1) is 11.7 Å². The standard InChI is InChI=1S/C16H22BrFN2O/c1-12-6-10-20(11-7-12)9-3-8-19-16(21)13-4-2-5-14(17)15(13)18/h2,4-5,12H,3,6-11H2,1H3,(H,19,21). The van der Waals surface area contributed by atoms with Crippen LogP contribution in [-0.4, -0.2) is 37.0 Å². The number of piperidine rings is 1. The van der Waals surface area contributed by atoms with E-state index in [1.54, 1.807) is 12.1 Å². The lowest BCUT2D eigenvalue weighted by Crippen LogP contribution is -2.35. The van der Waals surface area contributed by atoms with E-state index in [4.69, 9.17) is 0 Å². The molecule has 1 fully saturated rings. The van der Waals surface area contributed by atoms with Crippen molar-refractivity contribution in [1.82, 2.24) is 10.2 Å². The summed E-state index contributed by atoms with van der Waals surface area (Å²) in [5, 5.41) is 2.79. The first-order valence-electron chi connectivity index (χ1n) is 7.52. The van der Waals surface area contributed by atoms with Crippen molar-refractivity contribution in [3.8, 4) is 0 Å². The molecule has 1 saturated heterocycles. The van der Waals surface area contributed by atoms with Gasteiger partial charge in [-0.25, -0.2) is 4.39 Å². The minimum atomic E-state index is -0.500. The summed E-state index contributed by atoms with van der Waals surface area (Å²) in [7, 11) is 0. The molecule has 5 heteroatoms. The molecular weight excluding hydrogens is 335 g/mol. The molecule has 1 aromatic rings. The van der Waals surface area contributed by atoms with Crippen LogP contribution in [0.3, 0.4) is 0 Å². The normalized spacial score (nSPS) is 16.9. The van der Waals surface area contributed by atoms with Crippen LogP contribution in [-0.2, 0) is 0 Å². The summed E-state index contributed by atoms with van der Waals surface area (Å²) in [6.45, 7) is 6.17. The number of nitrogens with zero attached hydrogens (tertiary/aromatic N) is 1. The number of carbonyl (C=O) groups is 1. The molecule has 1 heterocycles. The molecule has 0 aromatic heterocycles. The SMILES string of the molecule is CC1CCN(CCCNC(=O)c2cccc(Br)c2F)CC1. The van der Waals surface area contributed by atoms with Gasteiger partial charge in [-0.1, -0.05) is 13.0 Å². The van der Waals surface area contributed by atoms with E-state index in [2.05, 4.69) is 33.1 Å². The summed E-state index contributed by atoms with van der Waals surface area (Å²) in [6.07, 6.45) is 3.42. The fourth-order valence-electron chi connectivity index (χ4n) is 2.56. The molecule has 2 rings (SSSR count). The Morgan fingerprint density at radius 3 is 2.86 bits per heavy atom. The first-order valence-corrected chi connectivity index (χ1v) is 8.32. The lowest BCUT2D eigenvalue weighted by Gasteiger charge is -2.30. The van der Waals surface area contributed by atoms with Crippen molar-refractivity contribution < 1.29 is 9.18 Å². The maximum atomic E-state index is 13.8. The van der Waals surface area contributed by atoms with Crippen LogP contribution in [0.25, 0.3) is 0 Å². The Kier molecular flexibility index (Phi) is 6.18. The van der Waals surface area contributed by atoms with Gasteiger partial charge in [-0.3, -0.25) is 4.79 Å². The van der Waals surface area contributed by atoms with Crippen LogP contribution >= 0.6 is 15.9 Å². The van der Waals surface area contributed by atoms with Crippen molar-refractivity contribution >= 4 is 21.8 Å². The topological polar surface area (TPSA) is 32.3 Å². The third-order valence-corrected chi connectivity index (χ3v) is 4.62. The summed E-state index contributed by atoms with van der Waals surface area (Å²) in [6, 6.07) is 4.75. The van der Waals surface area contributed by atoms with Crippen LogP contribution in [0.5, 0.6) is 0 Å². The van der Waals surface area contributed by atoms with Crippen molar-refractivity contribution in [2.45, 2.75) is 26.2 Å². The van der Waals surface area contributed by atoms with Gasteiger partial charge in [0.25, 0.3) is 5.91 Å². The Hall–Kier alpha value is -0.940. The number of likely N-dealkylation sites (tertiary alicyclic amines) is 1. The molecule has 0 radical (unpaired) electrons. The van der Waals surface area contributed by atoms with Crippen LogP contribution in [0.2, 0.25) is 0 Å². The van der Waals surface area contributed by atoms with E-state index >= 15 is 0 Å². The first-order chi connectivity index (χ1) is 10.1. The third kappa shape index (κ3) is 4.78. The monoisotopic (exact) mass is 356 g/mol. The second kappa shape index (κ2) is 7.90. The Morgan fingerprint density at radius 1 is 1.43 bits per heavy atom. The highest BCUT2D eigenvalue weighted by Gasteiger charge is 2.16. The largest absolute Gasteiger partial charge is 0.352 e. The van der Waals surface area contributed by atoms with E-state index in [1.165, 1.54) is 18.9 Å². The zero-order chi connectivity index (χ0) is 15.2. The molecular formula is C16H22BrFN2O. The maximum Gasteiger partial charge on any atom is 0.254 e. The number of amides is 1. The van der Waals surface area contributed by atoms with Crippen LogP contribution in [0.15, 0.2) is 22.7 Å². The third-order valence-electron chi connectivity index (χ3n) is 4.01. The molecule has 1 amide bonds. The molecule has 0 atom stereocenters. The zero-order valence-corrected chi connectivity index (χ0v) is 14.0. The average Bonchev–Trinajstić information content (AvgIpc) is 2.48. The second-order valence-corrected chi connectivity index (χ2v) is 6.59. The maximum absolute atomic E-state index is 13.8. The molecule has 3 nitrogen and oxygen atoms in total. The van der Waals surface area contributed by atoms with E-state index in [9.17, 15) is 9.18 Å². The Bertz CT molecular complexity index is 487. The molecule has 116 valence electrons. The van der Waals surface area contributed by atoms with Gasteiger partial charge in [-0.15, -0.1) is 0 Å². The van der Waals surface area contributed by atoms with E-state index in [0.717, 1.165) is 32.0 Å². The fourth-order valence-corrected chi connectivity index (χ4v) is 2.93. The molecule has 21 heavy (non-hydrogen) atoms. The van der Waals surface area contributed by atoms with Gasteiger partial charge in [-0.2, -0.15) is 0 Å². The number of hydrogen-bond donors (Lipinski definition) is 1. The van der Waals surface area contributed by atoms with Crippen molar-refractivity contribution in [3.63, 3.8) is 0 Å². The zero-order valence-electron chi connectivity index (χ0n) is 12.4. The lowest BCUT2D eigenvalue weighted by atomic mass is 9.99. The molecule has 0 unspecified atom stereocenters. The molecule has 1 N–H and O–H groups in total. The number of halogens is 2. The molecule has 0 spiro atoms. The average molecular weight is 357 g/mol. The highest BCUT2D eigenvalue weighted by Crippen LogP contribution is 2.18. The highest BCUT2D eigenvalue weighted by molar-refractivity contribution is 9.10. The summed E-state index contributed by atoms with van der Waals surface area (Å²) in [4.78, 5) is 14.4. The van der Waals surface area contributed by atoms with Crippen molar-refractivity contribution in [1.29, 1.82) is 0 Å². The predicted molar refractivity (Wildman–Crippen MR) is 85.9 cm³/mol. The first kappa shape index (κ1) is 16.4. The molecule has 0 saturated carbocycles. The van der Waals surface area contributed by atoms with Gasteiger partial charge in [0.1, 0.15) is 5.82 Å². The van der Waals surface area contributed by atoms with E-state index < -0.39 is 5.82 Å². The molecule has 1 aromatic carbocycles. The molecule has 0 aliphatic carbocycles. The number of carbonyl (C=O) groups excluding carboxylic acids is 1. The van der Waals surface area contributed by atoms with Gasteiger partial charge in [0.15, 0.2) is 0 Å². The van der Waals surface area contributed by atoms with E-state index in [0.29, 0.717) is 11.0 Å².